The lowest BCUT2D eigenvalue weighted by Crippen LogP contribution is -2.36. The standard InChI is InChI=1S/C26H30F3N7O/c1-16-9-23(37)34-36(16)14-17-10-21(26(27,28)29)22(31-12-17)13-30-20-8-4-7-19(11-20)24(18-5-3-6-18)25-33-32-15-35(25)2/h4,7-8,10-12,15-16,18,24,30H,3,5-6,9,13-14H2,1-2H3,(H,34,37)/t16?,24-/m1/s1. The first-order chi connectivity index (χ1) is 17.7. The Morgan fingerprint density at radius 1 is 1.24 bits per heavy atom. The maximum absolute atomic E-state index is 13.9. The smallest absolute Gasteiger partial charge is 0.379 e. The second-order valence-electron chi connectivity index (χ2n) is 10.00. The van der Waals surface area contributed by atoms with Crippen molar-refractivity contribution in [3.8, 4) is 0 Å². The second-order valence-corrected chi connectivity index (χ2v) is 10.00. The van der Waals surface area contributed by atoms with Gasteiger partial charge in [0.2, 0.25) is 5.91 Å². The second kappa shape index (κ2) is 10.1. The van der Waals surface area contributed by atoms with Gasteiger partial charge in [0, 0.05) is 43.9 Å². The molecule has 0 spiro atoms. The van der Waals surface area contributed by atoms with Crippen molar-refractivity contribution in [3.05, 3.63) is 71.1 Å². The number of rotatable bonds is 8. The SMILES string of the molecule is CC1CC(=O)NN1Cc1cnc(CNc2cccc([C@H](c3nncn3C)C3CCC3)c2)c(C(F)(F)F)c1. The summed E-state index contributed by atoms with van der Waals surface area (Å²) in [4.78, 5) is 15.8. The molecule has 3 aromatic rings. The number of hydrogen-bond donors (Lipinski definition) is 2. The fourth-order valence-corrected chi connectivity index (χ4v) is 5.10. The van der Waals surface area contributed by atoms with Crippen LogP contribution in [-0.2, 0) is 31.1 Å². The Bertz CT molecular complexity index is 1270. The molecule has 1 aromatic carbocycles. The number of carbonyl (C=O) groups is 1. The maximum Gasteiger partial charge on any atom is 0.418 e. The van der Waals surface area contributed by atoms with Crippen molar-refractivity contribution in [2.24, 2.45) is 13.0 Å². The molecule has 5 rings (SSSR count). The molecule has 37 heavy (non-hydrogen) atoms. The third-order valence-corrected chi connectivity index (χ3v) is 7.32. The summed E-state index contributed by atoms with van der Waals surface area (Å²) < 4.78 is 43.7. The Kier molecular flexibility index (Phi) is 6.89. The minimum atomic E-state index is -4.55. The highest BCUT2D eigenvalue weighted by molar-refractivity contribution is 5.77. The first kappa shape index (κ1) is 25.2. The lowest BCUT2D eigenvalue weighted by atomic mass is 9.72. The molecule has 11 heteroatoms. The third-order valence-electron chi connectivity index (χ3n) is 7.32. The van der Waals surface area contributed by atoms with Gasteiger partial charge in [-0.15, -0.1) is 10.2 Å². The molecule has 2 fully saturated rings. The molecule has 1 aliphatic heterocycles. The predicted octanol–water partition coefficient (Wildman–Crippen LogP) is 4.40. The molecule has 2 aromatic heterocycles. The van der Waals surface area contributed by atoms with Crippen molar-refractivity contribution in [2.75, 3.05) is 5.32 Å². The van der Waals surface area contributed by atoms with Crippen molar-refractivity contribution in [1.82, 2.24) is 30.2 Å². The number of amides is 1. The summed E-state index contributed by atoms with van der Waals surface area (Å²) in [5.41, 5.74) is 3.99. The molecule has 1 saturated carbocycles. The lowest BCUT2D eigenvalue weighted by molar-refractivity contribution is -0.138. The lowest BCUT2D eigenvalue weighted by Gasteiger charge is -2.33. The number of nitrogens with zero attached hydrogens (tertiary/aromatic N) is 5. The van der Waals surface area contributed by atoms with Crippen LogP contribution in [0.15, 0.2) is 42.9 Å². The summed E-state index contributed by atoms with van der Waals surface area (Å²) in [6, 6.07) is 8.80. The van der Waals surface area contributed by atoms with E-state index in [1.807, 2.05) is 42.8 Å². The maximum atomic E-state index is 13.9. The van der Waals surface area contributed by atoms with Crippen LogP contribution in [0.25, 0.3) is 0 Å². The Hall–Kier alpha value is -3.47. The average Bonchev–Trinajstić information content (AvgIpc) is 3.38. The number of benzene rings is 1. The molecule has 0 bridgehead atoms. The number of carbonyl (C=O) groups excluding carboxylic acids is 1. The zero-order chi connectivity index (χ0) is 26.2. The molecular formula is C26H30F3N7O. The number of anilines is 1. The highest BCUT2D eigenvalue weighted by Crippen LogP contribution is 2.43. The number of alkyl halides is 3. The van der Waals surface area contributed by atoms with E-state index < -0.39 is 11.7 Å². The predicted molar refractivity (Wildman–Crippen MR) is 131 cm³/mol. The van der Waals surface area contributed by atoms with Gasteiger partial charge in [0.05, 0.1) is 17.8 Å². The van der Waals surface area contributed by atoms with E-state index in [1.165, 1.54) is 12.6 Å². The quantitative estimate of drug-likeness (QED) is 0.464. The Morgan fingerprint density at radius 3 is 2.68 bits per heavy atom. The van der Waals surface area contributed by atoms with Crippen molar-refractivity contribution >= 4 is 11.6 Å². The molecule has 1 amide bonds. The van der Waals surface area contributed by atoms with Crippen LogP contribution >= 0.6 is 0 Å². The van der Waals surface area contributed by atoms with Crippen LogP contribution in [0.4, 0.5) is 18.9 Å². The molecule has 2 N–H and O–H groups in total. The van der Waals surface area contributed by atoms with Crippen LogP contribution in [0.3, 0.4) is 0 Å². The van der Waals surface area contributed by atoms with E-state index in [4.69, 9.17) is 0 Å². The fourth-order valence-electron chi connectivity index (χ4n) is 5.10. The van der Waals surface area contributed by atoms with Gasteiger partial charge in [0.15, 0.2) is 0 Å². The normalized spacial score (nSPS) is 19.5. The van der Waals surface area contributed by atoms with Crippen molar-refractivity contribution in [2.45, 2.75) is 63.8 Å². The van der Waals surface area contributed by atoms with Gasteiger partial charge in [-0.2, -0.15) is 13.2 Å². The van der Waals surface area contributed by atoms with E-state index in [2.05, 4.69) is 25.9 Å². The molecule has 2 atom stereocenters. The third kappa shape index (κ3) is 5.46. The summed E-state index contributed by atoms with van der Waals surface area (Å²) in [6.07, 6.45) is 2.31. The zero-order valence-electron chi connectivity index (χ0n) is 20.8. The highest BCUT2D eigenvalue weighted by Gasteiger charge is 2.36. The summed E-state index contributed by atoms with van der Waals surface area (Å²) in [7, 11) is 1.93. The Labute approximate surface area is 213 Å². The Morgan fingerprint density at radius 2 is 2.05 bits per heavy atom. The van der Waals surface area contributed by atoms with Gasteiger partial charge in [0.25, 0.3) is 0 Å². The number of aryl methyl sites for hydroxylation is 1. The molecule has 3 heterocycles. The fraction of sp³-hybridized carbons (Fsp3) is 0.462. The number of pyridine rings is 1. The van der Waals surface area contributed by atoms with Crippen LogP contribution < -0.4 is 10.7 Å². The number of hydrogen-bond acceptors (Lipinski definition) is 6. The topological polar surface area (TPSA) is 88.0 Å². The van der Waals surface area contributed by atoms with E-state index >= 15 is 0 Å². The number of aromatic nitrogens is 4. The number of hydrazine groups is 1. The summed E-state index contributed by atoms with van der Waals surface area (Å²) in [5, 5.41) is 13.2. The molecule has 196 valence electrons. The number of nitrogens with one attached hydrogen (secondary N) is 2. The van der Waals surface area contributed by atoms with Crippen molar-refractivity contribution < 1.29 is 18.0 Å². The van der Waals surface area contributed by atoms with E-state index in [0.717, 1.165) is 36.0 Å². The van der Waals surface area contributed by atoms with E-state index in [-0.39, 0.29) is 36.7 Å². The number of halogens is 3. The van der Waals surface area contributed by atoms with Crippen LogP contribution in [0.2, 0.25) is 0 Å². The van der Waals surface area contributed by atoms with Gasteiger partial charge >= 0.3 is 6.18 Å². The van der Waals surface area contributed by atoms with Gasteiger partial charge < -0.3 is 9.88 Å². The molecule has 1 saturated heterocycles. The minimum absolute atomic E-state index is 0.0759. The van der Waals surface area contributed by atoms with Gasteiger partial charge in [-0.25, -0.2) is 5.01 Å². The van der Waals surface area contributed by atoms with Crippen molar-refractivity contribution in [1.29, 1.82) is 0 Å². The van der Waals surface area contributed by atoms with Gasteiger partial charge in [0.1, 0.15) is 12.2 Å². The van der Waals surface area contributed by atoms with Crippen LogP contribution in [0.5, 0.6) is 0 Å². The summed E-state index contributed by atoms with van der Waals surface area (Å²) >= 11 is 0. The van der Waals surface area contributed by atoms with Crippen LogP contribution in [-0.4, -0.2) is 36.7 Å². The largest absolute Gasteiger partial charge is 0.418 e. The summed E-state index contributed by atoms with van der Waals surface area (Å²) in [6.45, 7) is 1.93. The molecule has 1 unspecified atom stereocenters. The first-order valence-corrected chi connectivity index (χ1v) is 12.5. The van der Waals surface area contributed by atoms with Gasteiger partial charge in [-0.05, 0) is 55.0 Å². The molecule has 8 nitrogen and oxygen atoms in total. The zero-order valence-corrected chi connectivity index (χ0v) is 20.8. The Balaban J connectivity index is 1.34. The molecule has 0 radical (unpaired) electrons. The van der Waals surface area contributed by atoms with E-state index in [0.29, 0.717) is 17.9 Å². The van der Waals surface area contributed by atoms with Crippen molar-refractivity contribution in [3.63, 3.8) is 0 Å². The van der Waals surface area contributed by atoms with E-state index in [1.54, 1.807) is 11.3 Å². The van der Waals surface area contributed by atoms with E-state index in [9.17, 15) is 18.0 Å². The molecular weight excluding hydrogens is 483 g/mol. The van der Waals surface area contributed by atoms with Gasteiger partial charge in [-0.1, -0.05) is 18.6 Å². The molecule has 2 aliphatic rings. The van der Waals surface area contributed by atoms with Gasteiger partial charge in [-0.3, -0.25) is 15.2 Å². The minimum Gasteiger partial charge on any atom is -0.379 e. The average molecular weight is 514 g/mol. The highest BCUT2D eigenvalue weighted by atomic mass is 19.4. The monoisotopic (exact) mass is 513 g/mol. The first-order valence-electron chi connectivity index (χ1n) is 12.5. The van der Waals surface area contributed by atoms with Crippen LogP contribution in [0.1, 0.15) is 66.7 Å². The molecule has 1 aliphatic carbocycles. The van der Waals surface area contributed by atoms with Crippen LogP contribution in [0, 0.1) is 5.92 Å². The summed E-state index contributed by atoms with van der Waals surface area (Å²) in [5.74, 6) is 1.30.